The standard InChI is InChI=1S/C13H17N3O/c1-10-5-4-6-12(7-10)16(3)13-15-11(8-14-2)9-17-13/h4-7,9,14H,8H2,1-3H3. The molecule has 0 saturated carbocycles. The summed E-state index contributed by atoms with van der Waals surface area (Å²) in [6, 6.07) is 8.84. The number of hydrogen-bond acceptors (Lipinski definition) is 4. The van der Waals surface area contributed by atoms with Crippen molar-refractivity contribution in [2.75, 3.05) is 19.0 Å². The van der Waals surface area contributed by atoms with Crippen LogP contribution in [-0.2, 0) is 6.54 Å². The molecule has 0 atom stereocenters. The first kappa shape index (κ1) is 11.7. The summed E-state index contributed by atoms with van der Waals surface area (Å²) >= 11 is 0. The van der Waals surface area contributed by atoms with Crippen molar-refractivity contribution in [3.05, 3.63) is 41.8 Å². The van der Waals surface area contributed by atoms with Gasteiger partial charge < -0.3 is 9.73 Å². The third kappa shape index (κ3) is 2.65. The summed E-state index contributed by atoms with van der Waals surface area (Å²) in [7, 11) is 3.84. The van der Waals surface area contributed by atoms with Crippen LogP contribution in [0.15, 0.2) is 34.9 Å². The molecule has 4 heteroatoms. The Kier molecular flexibility index (Phi) is 3.44. The summed E-state index contributed by atoms with van der Waals surface area (Å²) in [5, 5.41) is 3.04. The number of rotatable bonds is 4. The molecule has 90 valence electrons. The maximum absolute atomic E-state index is 5.45. The molecule has 1 aromatic heterocycles. The summed E-state index contributed by atoms with van der Waals surface area (Å²) in [5.41, 5.74) is 3.20. The second kappa shape index (κ2) is 5.01. The average Bonchev–Trinajstić information content (AvgIpc) is 2.77. The highest BCUT2D eigenvalue weighted by molar-refractivity contribution is 5.56. The van der Waals surface area contributed by atoms with Crippen LogP contribution in [0.25, 0.3) is 0 Å². The highest BCUT2D eigenvalue weighted by atomic mass is 16.4. The molecule has 0 radical (unpaired) electrons. The molecule has 4 nitrogen and oxygen atoms in total. The van der Waals surface area contributed by atoms with E-state index in [2.05, 4.69) is 29.4 Å². The molecule has 1 aromatic carbocycles. The van der Waals surface area contributed by atoms with Crippen LogP contribution in [0.3, 0.4) is 0 Å². The Morgan fingerprint density at radius 2 is 2.24 bits per heavy atom. The molecular weight excluding hydrogens is 214 g/mol. The minimum atomic E-state index is 0.612. The van der Waals surface area contributed by atoms with Crippen LogP contribution in [0.5, 0.6) is 0 Å². The fourth-order valence-electron chi connectivity index (χ4n) is 1.66. The van der Waals surface area contributed by atoms with Gasteiger partial charge >= 0.3 is 6.01 Å². The zero-order chi connectivity index (χ0) is 12.3. The Balaban J connectivity index is 2.21. The number of aryl methyl sites for hydroxylation is 1. The Morgan fingerprint density at radius 3 is 2.94 bits per heavy atom. The summed E-state index contributed by atoms with van der Waals surface area (Å²) in [5.74, 6) is 0. The number of nitrogens with one attached hydrogen (secondary N) is 1. The van der Waals surface area contributed by atoms with E-state index in [1.54, 1.807) is 6.26 Å². The van der Waals surface area contributed by atoms with Gasteiger partial charge in [-0.25, -0.2) is 0 Å². The number of oxazole rings is 1. The predicted octanol–water partition coefficient (Wildman–Crippen LogP) is 2.47. The van der Waals surface area contributed by atoms with Crippen molar-refractivity contribution in [2.24, 2.45) is 0 Å². The van der Waals surface area contributed by atoms with E-state index in [9.17, 15) is 0 Å². The fourth-order valence-corrected chi connectivity index (χ4v) is 1.66. The molecule has 1 heterocycles. The van der Waals surface area contributed by atoms with E-state index in [1.807, 2.05) is 31.1 Å². The van der Waals surface area contributed by atoms with Gasteiger partial charge in [0.15, 0.2) is 0 Å². The first-order valence-corrected chi connectivity index (χ1v) is 5.60. The molecule has 0 amide bonds. The SMILES string of the molecule is CNCc1coc(N(C)c2cccc(C)c2)n1. The van der Waals surface area contributed by atoms with Gasteiger partial charge in [0.1, 0.15) is 6.26 Å². The third-order valence-corrected chi connectivity index (χ3v) is 2.57. The fraction of sp³-hybridized carbons (Fsp3) is 0.308. The largest absolute Gasteiger partial charge is 0.431 e. The van der Waals surface area contributed by atoms with Crippen molar-refractivity contribution in [2.45, 2.75) is 13.5 Å². The number of hydrogen-bond donors (Lipinski definition) is 1. The van der Waals surface area contributed by atoms with Gasteiger partial charge in [0.05, 0.1) is 5.69 Å². The molecule has 0 saturated heterocycles. The maximum Gasteiger partial charge on any atom is 0.301 e. The lowest BCUT2D eigenvalue weighted by Gasteiger charge is -2.14. The maximum atomic E-state index is 5.45. The molecule has 0 unspecified atom stereocenters. The van der Waals surface area contributed by atoms with E-state index in [0.29, 0.717) is 12.6 Å². The smallest absolute Gasteiger partial charge is 0.301 e. The van der Waals surface area contributed by atoms with Gasteiger partial charge in [-0.15, -0.1) is 0 Å². The van der Waals surface area contributed by atoms with Gasteiger partial charge in [0.25, 0.3) is 0 Å². The monoisotopic (exact) mass is 231 g/mol. The van der Waals surface area contributed by atoms with Crippen LogP contribution in [-0.4, -0.2) is 19.1 Å². The van der Waals surface area contributed by atoms with E-state index in [4.69, 9.17) is 4.42 Å². The second-order valence-electron chi connectivity index (χ2n) is 4.05. The van der Waals surface area contributed by atoms with Gasteiger partial charge in [-0.3, -0.25) is 4.90 Å². The van der Waals surface area contributed by atoms with Crippen LogP contribution in [0.4, 0.5) is 11.7 Å². The molecule has 0 aliphatic rings. The van der Waals surface area contributed by atoms with Crippen molar-refractivity contribution in [1.82, 2.24) is 10.3 Å². The Hall–Kier alpha value is -1.81. The zero-order valence-corrected chi connectivity index (χ0v) is 10.4. The molecule has 1 N–H and O–H groups in total. The first-order valence-electron chi connectivity index (χ1n) is 5.60. The predicted molar refractivity (Wildman–Crippen MR) is 68.5 cm³/mol. The van der Waals surface area contributed by atoms with Crippen LogP contribution in [0.2, 0.25) is 0 Å². The number of aromatic nitrogens is 1. The lowest BCUT2D eigenvalue weighted by atomic mass is 10.2. The van der Waals surface area contributed by atoms with Gasteiger partial charge in [-0.2, -0.15) is 4.98 Å². The van der Waals surface area contributed by atoms with E-state index in [1.165, 1.54) is 5.56 Å². The summed E-state index contributed by atoms with van der Waals surface area (Å²) < 4.78 is 5.45. The number of anilines is 2. The van der Waals surface area contributed by atoms with Crippen molar-refractivity contribution >= 4 is 11.7 Å². The summed E-state index contributed by atoms with van der Waals surface area (Å²) in [6.45, 7) is 2.78. The van der Waals surface area contributed by atoms with Gasteiger partial charge in [-0.05, 0) is 31.7 Å². The molecular formula is C13H17N3O. The van der Waals surface area contributed by atoms with Crippen molar-refractivity contribution in [3.8, 4) is 0 Å². The molecule has 0 aliphatic heterocycles. The van der Waals surface area contributed by atoms with Crippen molar-refractivity contribution in [3.63, 3.8) is 0 Å². The van der Waals surface area contributed by atoms with Crippen LogP contribution < -0.4 is 10.2 Å². The number of nitrogens with zero attached hydrogens (tertiary/aromatic N) is 2. The van der Waals surface area contributed by atoms with E-state index in [-0.39, 0.29) is 0 Å². The van der Waals surface area contributed by atoms with Crippen LogP contribution >= 0.6 is 0 Å². The summed E-state index contributed by atoms with van der Waals surface area (Å²) in [6.07, 6.45) is 1.68. The highest BCUT2D eigenvalue weighted by Crippen LogP contribution is 2.23. The van der Waals surface area contributed by atoms with Gasteiger partial charge in [0.2, 0.25) is 0 Å². The minimum Gasteiger partial charge on any atom is -0.431 e. The Labute approximate surface area is 101 Å². The third-order valence-electron chi connectivity index (χ3n) is 2.57. The van der Waals surface area contributed by atoms with Crippen LogP contribution in [0.1, 0.15) is 11.3 Å². The molecule has 0 aliphatic carbocycles. The first-order chi connectivity index (χ1) is 8.20. The average molecular weight is 231 g/mol. The molecule has 17 heavy (non-hydrogen) atoms. The lowest BCUT2D eigenvalue weighted by molar-refractivity contribution is 0.559. The topological polar surface area (TPSA) is 41.3 Å². The molecule has 0 spiro atoms. The van der Waals surface area contributed by atoms with Crippen molar-refractivity contribution in [1.29, 1.82) is 0 Å². The molecule has 0 bridgehead atoms. The second-order valence-corrected chi connectivity index (χ2v) is 4.05. The lowest BCUT2D eigenvalue weighted by Crippen LogP contribution is -2.11. The van der Waals surface area contributed by atoms with Gasteiger partial charge in [-0.1, -0.05) is 12.1 Å². The molecule has 0 fully saturated rings. The van der Waals surface area contributed by atoms with E-state index in [0.717, 1.165) is 11.4 Å². The van der Waals surface area contributed by atoms with E-state index >= 15 is 0 Å². The van der Waals surface area contributed by atoms with Crippen LogP contribution in [0, 0.1) is 6.92 Å². The zero-order valence-electron chi connectivity index (χ0n) is 10.4. The minimum absolute atomic E-state index is 0.612. The quantitative estimate of drug-likeness (QED) is 0.877. The number of benzene rings is 1. The van der Waals surface area contributed by atoms with Crippen molar-refractivity contribution < 1.29 is 4.42 Å². The Bertz CT molecular complexity index is 493. The van der Waals surface area contributed by atoms with Gasteiger partial charge in [0, 0.05) is 19.3 Å². The molecule has 2 rings (SSSR count). The van der Waals surface area contributed by atoms with E-state index < -0.39 is 0 Å². The summed E-state index contributed by atoms with van der Waals surface area (Å²) in [4.78, 5) is 6.34. The molecule has 2 aromatic rings. The Morgan fingerprint density at radius 1 is 1.41 bits per heavy atom. The normalized spacial score (nSPS) is 10.5. The highest BCUT2D eigenvalue weighted by Gasteiger charge is 2.10.